The lowest BCUT2D eigenvalue weighted by atomic mass is 10.1. The molecule has 2 rings (SSSR count). The molecule has 0 aromatic carbocycles. The standard InChI is InChI=1S/C14H19Cl2N3O/c15-11(10-19-7-2-1-3-8-19)9-13-12(14(16)18-20)5-4-6-17-13/h4-6,11,20H,1-3,7-10H2. The number of rotatable bonds is 5. The van der Waals surface area contributed by atoms with E-state index >= 15 is 0 Å². The third-order valence-corrected chi connectivity index (χ3v) is 4.09. The molecule has 20 heavy (non-hydrogen) atoms. The molecule has 1 N–H and O–H groups in total. The van der Waals surface area contributed by atoms with Gasteiger partial charge in [-0.05, 0) is 38.1 Å². The predicted octanol–water partition coefficient (Wildman–Crippen LogP) is 3.09. The topological polar surface area (TPSA) is 48.7 Å². The third-order valence-electron chi connectivity index (χ3n) is 3.52. The van der Waals surface area contributed by atoms with Gasteiger partial charge in [0.25, 0.3) is 0 Å². The summed E-state index contributed by atoms with van der Waals surface area (Å²) in [4.78, 5) is 6.70. The maximum atomic E-state index is 8.79. The SMILES string of the molecule is ON=C(Cl)c1cccnc1CC(Cl)CN1CCCCC1. The van der Waals surface area contributed by atoms with Gasteiger partial charge in [0.2, 0.25) is 0 Å². The highest BCUT2D eigenvalue weighted by Gasteiger charge is 2.18. The summed E-state index contributed by atoms with van der Waals surface area (Å²) in [7, 11) is 0. The van der Waals surface area contributed by atoms with Crippen molar-refractivity contribution < 1.29 is 5.21 Å². The van der Waals surface area contributed by atoms with Crippen molar-refractivity contribution in [1.82, 2.24) is 9.88 Å². The average molecular weight is 316 g/mol. The maximum absolute atomic E-state index is 8.79. The first-order valence-corrected chi connectivity index (χ1v) is 7.70. The van der Waals surface area contributed by atoms with Gasteiger partial charge in [-0.15, -0.1) is 11.6 Å². The van der Waals surface area contributed by atoms with Crippen molar-refractivity contribution >= 4 is 28.4 Å². The zero-order chi connectivity index (χ0) is 14.4. The van der Waals surface area contributed by atoms with Crippen LogP contribution in [0.5, 0.6) is 0 Å². The van der Waals surface area contributed by atoms with Crippen LogP contribution in [-0.4, -0.2) is 45.3 Å². The van der Waals surface area contributed by atoms with Gasteiger partial charge < -0.3 is 10.1 Å². The first kappa shape index (κ1) is 15.5. The summed E-state index contributed by atoms with van der Waals surface area (Å²) in [6, 6.07) is 3.55. The van der Waals surface area contributed by atoms with Gasteiger partial charge in [0.1, 0.15) is 0 Å². The monoisotopic (exact) mass is 315 g/mol. The van der Waals surface area contributed by atoms with Crippen molar-refractivity contribution in [3.8, 4) is 0 Å². The fourth-order valence-electron chi connectivity index (χ4n) is 2.54. The number of nitrogens with zero attached hydrogens (tertiary/aromatic N) is 3. The summed E-state index contributed by atoms with van der Waals surface area (Å²) in [5.41, 5.74) is 1.41. The molecule has 0 radical (unpaired) electrons. The number of aromatic nitrogens is 1. The second-order valence-electron chi connectivity index (χ2n) is 5.05. The molecule has 1 fully saturated rings. The molecule has 0 spiro atoms. The zero-order valence-corrected chi connectivity index (χ0v) is 12.8. The Morgan fingerprint density at radius 2 is 2.15 bits per heavy atom. The molecule has 1 atom stereocenters. The molecule has 1 aromatic rings. The molecule has 1 aliphatic heterocycles. The first-order valence-electron chi connectivity index (χ1n) is 6.89. The van der Waals surface area contributed by atoms with Crippen LogP contribution < -0.4 is 0 Å². The van der Waals surface area contributed by atoms with Crippen molar-refractivity contribution in [2.24, 2.45) is 5.16 Å². The molecule has 0 bridgehead atoms. The molecule has 2 heterocycles. The second-order valence-corrected chi connectivity index (χ2v) is 6.03. The van der Waals surface area contributed by atoms with E-state index < -0.39 is 0 Å². The van der Waals surface area contributed by atoms with Crippen LogP contribution >= 0.6 is 23.2 Å². The summed E-state index contributed by atoms with van der Waals surface area (Å²) < 4.78 is 0. The Hall–Kier alpha value is -0.840. The lowest BCUT2D eigenvalue weighted by Crippen LogP contribution is -2.35. The summed E-state index contributed by atoms with van der Waals surface area (Å²) in [6.07, 6.45) is 6.13. The highest BCUT2D eigenvalue weighted by atomic mass is 35.5. The van der Waals surface area contributed by atoms with Gasteiger partial charge in [0, 0.05) is 24.7 Å². The van der Waals surface area contributed by atoms with Gasteiger partial charge in [-0.3, -0.25) is 4.98 Å². The normalized spacial score (nSPS) is 19.0. The van der Waals surface area contributed by atoms with Gasteiger partial charge >= 0.3 is 0 Å². The van der Waals surface area contributed by atoms with Crippen molar-refractivity contribution in [3.05, 3.63) is 29.6 Å². The number of halogens is 2. The summed E-state index contributed by atoms with van der Waals surface area (Å²) in [5.74, 6) is 0. The Bertz CT molecular complexity index is 461. The van der Waals surface area contributed by atoms with Crippen molar-refractivity contribution in [3.63, 3.8) is 0 Å². The number of hydrogen-bond acceptors (Lipinski definition) is 4. The molecular formula is C14H19Cl2N3O. The van der Waals surface area contributed by atoms with E-state index in [9.17, 15) is 0 Å². The largest absolute Gasteiger partial charge is 0.410 e. The van der Waals surface area contributed by atoms with Crippen LogP contribution in [0, 0.1) is 0 Å². The number of hydrogen-bond donors (Lipinski definition) is 1. The first-order chi connectivity index (χ1) is 9.70. The quantitative estimate of drug-likeness (QED) is 0.393. The molecule has 0 aliphatic carbocycles. The molecule has 0 amide bonds. The number of piperidine rings is 1. The average Bonchev–Trinajstić information content (AvgIpc) is 2.48. The zero-order valence-electron chi connectivity index (χ0n) is 11.3. The van der Waals surface area contributed by atoms with Crippen LogP contribution in [0.1, 0.15) is 30.5 Å². The van der Waals surface area contributed by atoms with E-state index in [1.165, 1.54) is 19.3 Å². The van der Waals surface area contributed by atoms with Crippen LogP contribution in [-0.2, 0) is 6.42 Å². The molecule has 110 valence electrons. The van der Waals surface area contributed by atoms with Crippen LogP contribution in [0.3, 0.4) is 0 Å². The molecular weight excluding hydrogens is 297 g/mol. The predicted molar refractivity (Wildman–Crippen MR) is 82.0 cm³/mol. The Kier molecular flexibility index (Phi) is 6.07. The Morgan fingerprint density at radius 1 is 1.40 bits per heavy atom. The Labute approximate surface area is 129 Å². The molecule has 0 saturated carbocycles. The van der Waals surface area contributed by atoms with E-state index in [2.05, 4.69) is 15.0 Å². The molecule has 1 saturated heterocycles. The minimum atomic E-state index is -0.0232. The second kappa shape index (κ2) is 7.81. The van der Waals surface area contributed by atoms with Crippen molar-refractivity contribution in [2.75, 3.05) is 19.6 Å². The van der Waals surface area contributed by atoms with E-state index in [1.54, 1.807) is 18.3 Å². The minimum Gasteiger partial charge on any atom is -0.410 e. The highest BCUT2D eigenvalue weighted by molar-refractivity contribution is 6.69. The van der Waals surface area contributed by atoms with Gasteiger partial charge in [0.05, 0.1) is 11.1 Å². The molecule has 4 nitrogen and oxygen atoms in total. The van der Waals surface area contributed by atoms with E-state index in [0.717, 1.165) is 25.3 Å². The van der Waals surface area contributed by atoms with Crippen LogP contribution in [0.4, 0.5) is 0 Å². The van der Waals surface area contributed by atoms with Gasteiger partial charge in [-0.2, -0.15) is 0 Å². The van der Waals surface area contributed by atoms with Crippen LogP contribution in [0.25, 0.3) is 0 Å². The van der Waals surface area contributed by atoms with Gasteiger partial charge in [-0.1, -0.05) is 23.2 Å². The number of alkyl halides is 1. The van der Waals surface area contributed by atoms with E-state index in [1.807, 2.05) is 0 Å². The fourth-order valence-corrected chi connectivity index (χ4v) is 3.05. The Morgan fingerprint density at radius 3 is 2.85 bits per heavy atom. The van der Waals surface area contributed by atoms with E-state index in [4.69, 9.17) is 28.4 Å². The molecule has 1 unspecified atom stereocenters. The number of pyridine rings is 1. The van der Waals surface area contributed by atoms with E-state index in [-0.39, 0.29) is 10.5 Å². The number of likely N-dealkylation sites (tertiary alicyclic amines) is 1. The fraction of sp³-hybridized carbons (Fsp3) is 0.571. The van der Waals surface area contributed by atoms with Crippen LogP contribution in [0.15, 0.2) is 23.5 Å². The Balaban J connectivity index is 1.98. The van der Waals surface area contributed by atoms with E-state index in [0.29, 0.717) is 12.0 Å². The lowest BCUT2D eigenvalue weighted by Gasteiger charge is -2.28. The minimum absolute atomic E-state index is 0.0232. The number of oxime groups is 1. The lowest BCUT2D eigenvalue weighted by molar-refractivity contribution is 0.228. The summed E-state index contributed by atoms with van der Waals surface area (Å²) >= 11 is 12.3. The summed E-state index contributed by atoms with van der Waals surface area (Å²) in [6.45, 7) is 3.10. The van der Waals surface area contributed by atoms with Crippen LogP contribution in [0.2, 0.25) is 0 Å². The molecule has 1 aromatic heterocycles. The third kappa shape index (κ3) is 4.33. The van der Waals surface area contributed by atoms with Crippen molar-refractivity contribution in [1.29, 1.82) is 0 Å². The van der Waals surface area contributed by atoms with Gasteiger partial charge in [0.15, 0.2) is 5.17 Å². The maximum Gasteiger partial charge on any atom is 0.177 e. The van der Waals surface area contributed by atoms with Crippen molar-refractivity contribution in [2.45, 2.75) is 31.1 Å². The molecule has 6 heteroatoms. The van der Waals surface area contributed by atoms with Gasteiger partial charge in [-0.25, -0.2) is 0 Å². The molecule has 1 aliphatic rings. The highest BCUT2D eigenvalue weighted by Crippen LogP contribution is 2.17. The summed E-state index contributed by atoms with van der Waals surface area (Å²) in [5, 5.41) is 11.9. The smallest absolute Gasteiger partial charge is 0.177 e.